The van der Waals surface area contributed by atoms with Crippen molar-refractivity contribution in [3.05, 3.63) is 57.9 Å². The lowest BCUT2D eigenvalue weighted by Gasteiger charge is -2.37. The van der Waals surface area contributed by atoms with Crippen molar-refractivity contribution in [1.82, 2.24) is 14.7 Å². The molecule has 1 aliphatic rings. The molecule has 0 aliphatic heterocycles. The highest BCUT2D eigenvalue weighted by Gasteiger charge is 2.37. The van der Waals surface area contributed by atoms with Crippen LogP contribution in [0.25, 0.3) is 5.65 Å². The maximum Gasteiger partial charge on any atom is 0.275 e. The molecule has 1 amide bonds. The van der Waals surface area contributed by atoms with Gasteiger partial charge < -0.3 is 10.4 Å². The number of aryl methyl sites for hydroxylation is 1. The van der Waals surface area contributed by atoms with Crippen molar-refractivity contribution in [2.45, 2.75) is 31.9 Å². The van der Waals surface area contributed by atoms with Crippen LogP contribution in [-0.4, -0.2) is 26.5 Å². The molecule has 0 saturated heterocycles. The van der Waals surface area contributed by atoms with E-state index in [1.54, 1.807) is 29.7 Å². The van der Waals surface area contributed by atoms with Crippen molar-refractivity contribution in [1.29, 1.82) is 0 Å². The van der Waals surface area contributed by atoms with E-state index in [4.69, 9.17) is 0 Å². The third-order valence-corrected chi connectivity index (χ3v) is 5.65. The van der Waals surface area contributed by atoms with Gasteiger partial charge in [0.2, 0.25) is 5.95 Å². The first-order chi connectivity index (χ1) is 12.0. The first-order valence-electron chi connectivity index (χ1n) is 8.19. The number of rotatable bonds is 4. The first-order valence-corrected chi connectivity index (χ1v) is 9.07. The molecule has 0 bridgehead atoms. The van der Waals surface area contributed by atoms with Crippen molar-refractivity contribution in [2.24, 2.45) is 5.92 Å². The quantitative estimate of drug-likeness (QED) is 0.752. The molecule has 0 radical (unpaired) electrons. The van der Waals surface area contributed by atoms with Gasteiger partial charge in [0.25, 0.3) is 5.91 Å². The van der Waals surface area contributed by atoms with Crippen LogP contribution in [0.15, 0.2) is 35.8 Å². The van der Waals surface area contributed by atoms with E-state index < -0.39 is 11.9 Å². The highest BCUT2D eigenvalue weighted by atomic mass is 32.1. The number of aromatic nitrogens is 2. The maximum absolute atomic E-state index is 14.6. The van der Waals surface area contributed by atoms with Gasteiger partial charge in [-0.05, 0) is 54.8 Å². The minimum Gasteiger partial charge on any atom is -0.393 e. The molecule has 3 heterocycles. The van der Waals surface area contributed by atoms with E-state index in [1.807, 2.05) is 24.4 Å². The van der Waals surface area contributed by atoms with Crippen molar-refractivity contribution in [3.8, 4) is 0 Å². The van der Waals surface area contributed by atoms with Crippen LogP contribution in [0, 0.1) is 18.8 Å². The zero-order valence-corrected chi connectivity index (χ0v) is 14.5. The molecular formula is C18H18FN3O2S. The summed E-state index contributed by atoms with van der Waals surface area (Å²) >= 11 is 1.54. The van der Waals surface area contributed by atoms with E-state index in [2.05, 4.69) is 10.3 Å². The molecule has 0 unspecified atom stereocenters. The fraction of sp³-hybridized carbons (Fsp3) is 0.333. The van der Waals surface area contributed by atoms with E-state index in [-0.39, 0.29) is 23.8 Å². The van der Waals surface area contributed by atoms with Gasteiger partial charge in [0, 0.05) is 11.1 Å². The molecule has 1 saturated carbocycles. The average molecular weight is 359 g/mol. The monoisotopic (exact) mass is 359 g/mol. The van der Waals surface area contributed by atoms with Crippen LogP contribution in [0.3, 0.4) is 0 Å². The molecule has 2 N–H and O–H groups in total. The van der Waals surface area contributed by atoms with E-state index in [0.29, 0.717) is 18.5 Å². The van der Waals surface area contributed by atoms with Gasteiger partial charge in [-0.15, -0.1) is 11.3 Å². The van der Waals surface area contributed by atoms with Crippen LogP contribution in [-0.2, 0) is 0 Å². The second-order valence-electron chi connectivity index (χ2n) is 6.54. The minimum atomic E-state index is -0.661. The molecule has 1 atom stereocenters. The lowest BCUT2D eigenvalue weighted by Crippen LogP contribution is -2.41. The summed E-state index contributed by atoms with van der Waals surface area (Å²) in [7, 11) is 0. The summed E-state index contributed by atoms with van der Waals surface area (Å²) in [5.74, 6) is -1.04. The third-order valence-electron chi connectivity index (χ3n) is 4.70. The zero-order valence-electron chi connectivity index (χ0n) is 13.6. The van der Waals surface area contributed by atoms with Gasteiger partial charge in [0.05, 0.1) is 12.1 Å². The molecule has 0 spiro atoms. The van der Waals surface area contributed by atoms with Gasteiger partial charge in [-0.1, -0.05) is 6.07 Å². The Balaban J connectivity index is 1.62. The standard InChI is InChI=1S/C18H18FN3O2S/c1-10-4-5-22-14(7-10)20-16(17(22)19)18(24)21-15(11-8-12(23)9-11)13-3-2-6-25-13/h2-7,11-12,15,23H,8-9H2,1H3,(H,21,24)/t11?,12?,15-/m0/s1. The van der Waals surface area contributed by atoms with Gasteiger partial charge in [-0.25, -0.2) is 4.98 Å². The molecule has 1 aliphatic carbocycles. The second kappa shape index (κ2) is 6.24. The molecule has 5 nitrogen and oxygen atoms in total. The predicted octanol–water partition coefficient (Wildman–Crippen LogP) is 3.09. The van der Waals surface area contributed by atoms with E-state index in [9.17, 15) is 14.3 Å². The number of nitrogens with one attached hydrogen (secondary N) is 1. The Morgan fingerprint density at radius 3 is 2.96 bits per heavy atom. The Morgan fingerprint density at radius 1 is 1.48 bits per heavy atom. The number of fused-ring (bicyclic) bond motifs is 1. The van der Waals surface area contributed by atoms with Crippen LogP contribution < -0.4 is 5.32 Å². The summed E-state index contributed by atoms with van der Waals surface area (Å²) in [6.07, 6.45) is 2.52. The molecule has 3 aromatic rings. The number of hydrogen-bond acceptors (Lipinski definition) is 4. The summed E-state index contributed by atoms with van der Waals surface area (Å²) in [4.78, 5) is 17.8. The third kappa shape index (κ3) is 2.94. The SMILES string of the molecule is Cc1ccn2c(F)c(C(=O)N[C@H](c3cccs3)C3CC(O)C3)nc2c1. The van der Waals surface area contributed by atoms with Crippen molar-refractivity contribution in [3.63, 3.8) is 0 Å². The van der Waals surface area contributed by atoms with Crippen molar-refractivity contribution < 1.29 is 14.3 Å². The molecule has 7 heteroatoms. The number of thiophene rings is 1. The molecular weight excluding hydrogens is 341 g/mol. The van der Waals surface area contributed by atoms with Gasteiger partial charge in [0.1, 0.15) is 5.65 Å². The number of aliphatic hydroxyl groups excluding tert-OH is 1. The van der Waals surface area contributed by atoms with Crippen molar-refractivity contribution >= 4 is 22.9 Å². The number of nitrogens with zero attached hydrogens (tertiary/aromatic N) is 2. The Labute approximate surface area is 148 Å². The van der Waals surface area contributed by atoms with E-state index in [0.717, 1.165) is 10.4 Å². The zero-order chi connectivity index (χ0) is 17.6. The van der Waals surface area contributed by atoms with Crippen LogP contribution in [0.5, 0.6) is 0 Å². The van der Waals surface area contributed by atoms with Gasteiger partial charge in [-0.2, -0.15) is 4.39 Å². The Hall–Kier alpha value is -2.25. The number of amides is 1. The second-order valence-corrected chi connectivity index (χ2v) is 7.51. The fourth-order valence-electron chi connectivity index (χ4n) is 3.26. The fourth-order valence-corrected chi connectivity index (χ4v) is 4.13. The molecule has 3 aromatic heterocycles. The highest BCUT2D eigenvalue weighted by Crippen LogP contribution is 2.39. The lowest BCUT2D eigenvalue weighted by atomic mass is 9.76. The van der Waals surface area contributed by atoms with Gasteiger partial charge >= 0.3 is 0 Å². The number of halogens is 1. The number of imidazole rings is 1. The Bertz CT molecular complexity index is 916. The van der Waals surface area contributed by atoms with Crippen LogP contribution in [0.2, 0.25) is 0 Å². The molecule has 4 rings (SSSR count). The number of pyridine rings is 1. The van der Waals surface area contributed by atoms with Crippen LogP contribution in [0.1, 0.15) is 39.8 Å². The molecule has 130 valence electrons. The van der Waals surface area contributed by atoms with E-state index >= 15 is 0 Å². The highest BCUT2D eigenvalue weighted by molar-refractivity contribution is 7.10. The van der Waals surface area contributed by atoms with Gasteiger partial charge in [0.15, 0.2) is 5.69 Å². The Morgan fingerprint density at radius 2 is 2.28 bits per heavy atom. The topological polar surface area (TPSA) is 66.6 Å². The minimum absolute atomic E-state index is 0.153. The molecule has 25 heavy (non-hydrogen) atoms. The van der Waals surface area contributed by atoms with Gasteiger partial charge in [-0.3, -0.25) is 9.20 Å². The maximum atomic E-state index is 14.6. The number of hydrogen-bond donors (Lipinski definition) is 2. The Kier molecular flexibility index (Phi) is 4.05. The predicted molar refractivity (Wildman–Crippen MR) is 93.1 cm³/mol. The summed E-state index contributed by atoms with van der Waals surface area (Å²) < 4.78 is 15.8. The smallest absolute Gasteiger partial charge is 0.275 e. The van der Waals surface area contributed by atoms with Crippen LogP contribution >= 0.6 is 11.3 Å². The van der Waals surface area contributed by atoms with Crippen LogP contribution in [0.4, 0.5) is 4.39 Å². The number of carbonyl (C=O) groups is 1. The summed E-state index contributed by atoms with van der Waals surface area (Å²) in [6, 6.07) is 7.14. The average Bonchev–Trinajstić information content (AvgIpc) is 3.18. The summed E-state index contributed by atoms with van der Waals surface area (Å²) in [5, 5.41) is 14.5. The molecule has 1 fully saturated rings. The largest absolute Gasteiger partial charge is 0.393 e. The molecule has 0 aromatic carbocycles. The summed E-state index contributed by atoms with van der Waals surface area (Å²) in [6.45, 7) is 1.89. The summed E-state index contributed by atoms with van der Waals surface area (Å²) in [5.41, 5.74) is 1.16. The lowest BCUT2D eigenvalue weighted by molar-refractivity contribution is 0.0240. The van der Waals surface area contributed by atoms with Crippen molar-refractivity contribution in [2.75, 3.05) is 0 Å². The number of carbonyl (C=O) groups excluding carboxylic acids is 1. The first kappa shape index (κ1) is 16.2. The number of aliphatic hydroxyl groups is 1. The van der Waals surface area contributed by atoms with E-state index in [1.165, 1.54) is 4.40 Å². The normalized spacial score (nSPS) is 21.1.